The van der Waals surface area contributed by atoms with Gasteiger partial charge < -0.3 is 0 Å². The smallest absolute Gasteiger partial charge is 0.243 e. The Morgan fingerprint density at radius 1 is 0.938 bits per heavy atom. The summed E-state index contributed by atoms with van der Waals surface area (Å²) in [5, 5.41) is 0. The Hall–Kier alpha value is 0.177. The Labute approximate surface area is 102 Å². The molecule has 2 heteroatoms. The van der Waals surface area contributed by atoms with Crippen molar-refractivity contribution in [1.82, 2.24) is 0 Å². The molecule has 0 amide bonds. The summed E-state index contributed by atoms with van der Waals surface area (Å²) in [6.45, 7) is 2.23. The molecular formula is C14H27OSi. The highest BCUT2D eigenvalue weighted by Gasteiger charge is 2.49. The van der Waals surface area contributed by atoms with Crippen LogP contribution in [-0.2, 0) is 4.80 Å². The minimum Gasteiger partial charge on any atom is -0.297 e. The van der Waals surface area contributed by atoms with Gasteiger partial charge in [-0.05, 0) is 17.1 Å². The van der Waals surface area contributed by atoms with Crippen molar-refractivity contribution in [3.63, 3.8) is 0 Å². The molecule has 2 aliphatic rings. The zero-order chi connectivity index (χ0) is 11.4. The topological polar surface area (TPSA) is 19.9 Å². The normalized spacial score (nSPS) is 24.4. The molecule has 0 spiro atoms. The van der Waals surface area contributed by atoms with Crippen LogP contribution in [0.1, 0.15) is 71.1 Å². The van der Waals surface area contributed by atoms with Gasteiger partial charge in [0.2, 0.25) is 8.32 Å². The fraction of sp³-hybridized carbons (Fsp3) is 1.00. The zero-order valence-corrected chi connectivity index (χ0v) is 11.8. The van der Waals surface area contributed by atoms with E-state index in [1.54, 1.807) is 0 Å². The molecule has 0 aromatic rings. The fourth-order valence-corrected chi connectivity index (χ4v) is 9.18. The van der Waals surface area contributed by atoms with Gasteiger partial charge in [0.25, 0.3) is 0 Å². The van der Waals surface area contributed by atoms with E-state index in [-0.39, 0.29) is 0 Å². The Kier molecular flexibility index (Phi) is 4.48. The lowest BCUT2D eigenvalue weighted by molar-refractivity contribution is 0.370. The maximum absolute atomic E-state index is 13.4. The zero-order valence-electron chi connectivity index (χ0n) is 10.8. The second-order valence-electron chi connectivity index (χ2n) is 6.02. The van der Waals surface area contributed by atoms with E-state index in [9.17, 15) is 4.80 Å². The van der Waals surface area contributed by atoms with E-state index < -0.39 is 8.32 Å². The summed E-state index contributed by atoms with van der Waals surface area (Å²) in [6.07, 6.45) is 13.0. The molecule has 2 aliphatic carbocycles. The largest absolute Gasteiger partial charge is 0.297 e. The highest BCUT2D eigenvalue weighted by molar-refractivity contribution is 6.75. The number of unbranched alkanes of at least 4 members (excludes halogenated alkanes) is 1. The quantitative estimate of drug-likeness (QED) is 0.598. The lowest BCUT2D eigenvalue weighted by Gasteiger charge is -2.34. The molecule has 0 heterocycles. The molecule has 0 atom stereocenters. The standard InChI is InChI=1S/C14H27OSi/c1-2-3-12-16(15,13-8-4-5-9-13)14-10-6-7-11-14/h13-14H,2-12H2,1H3. The average Bonchev–Trinajstić information content (AvgIpc) is 2.96. The highest BCUT2D eigenvalue weighted by atomic mass is 28.4. The van der Waals surface area contributed by atoms with Gasteiger partial charge in [-0.15, -0.1) is 0 Å². The first-order valence-corrected chi connectivity index (χ1v) is 9.75. The van der Waals surface area contributed by atoms with Gasteiger partial charge in [0.15, 0.2) is 0 Å². The van der Waals surface area contributed by atoms with Gasteiger partial charge in [-0.25, -0.2) is 0 Å². The monoisotopic (exact) mass is 239 g/mol. The second kappa shape index (κ2) is 5.68. The van der Waals surface area contributed by atoms with Crippen molar-refractivity contribution in [2.45, 2.75) is 88.3 Å². The van der Waals surface area contributed by atoms with Crippen molar-refractivity contribution in [3.8, 4) is 0 Å². The van der Waals surface area contributed by atoms with Crippen molar-refractivity contribution >= 4 is 8.32 Å². The molecule has 93 valence electrons. The number of hydrogen-bond donors (Lipinski definition) is 0. The van der Waals surface area contributed by atoms with Crippen LogP contribution in [0.3, 0.4) is 0 Å². The molecule has 2 saturated carbocycles. The third-order valence-electron chi connectivity index (χ3n) is 5.01. The van der Waals surface area contributed by atoms with Crippen LogP contribution in [0.5, 0.6) is 0 Å². The summed E-state index contributed by atoms with van der Waals surface area (Å²) < 4.78 is 0. The van der Waals surface area contributed by atoms with Crippen LogP contribution >= 0.6 is 0 Å². The Morgan fingerprint density at radius 3 is 1.75 bits per heavy atom. The van der Waals surface area contributed by atoms with Gasteiger partial charge in [0, 0.05) is 0 Å². The van der Waals surface area contributed by atoms with Crippen LogP contribution in [0.4, 0.5) is 0 Å². The maximum Gasteiger partial charge on any atom is 0.243 e. The fourth-order valence-electron chi connectivity index (χ4n) is 4.02. The Bertz CT molecular complexity index is 189. The van der Waals surface area contributed by atoms with Gasteiger partial charge >= 0.3 is 0 Å². The minimum atomic E-state index is -2.15. The van der Waals surface area contributed by atoms with E-state index in [4.69, 9.17) is 0 Å². The maximum atomic E-state index is 13.4. The van der Waals surface area contributed by atoms with Gasteiger partial charge in [0.1, 0.15) is 0 Å². The summed E-state index contributed by atoms with van der Waals surface area (Å²) in [5.74, 6) is 0. The molecule has 0 saturated heterocycles. The van der Waals surface area contributed by atoms with Crippen LogP contribution in [0.15, 0.2) is 0 Å². The lowest BCUT2D eigenvalue weighted by Crippen LogP contribution is -2.42. The Morgan fingerprint density at radius 2 is 1.38 bits per heavy atom. The summed E-state index contributed by atoms with van der Waals surface area (Å²) >= 11 is 0. The summed E-state index contributed by atoms with van der Waals surface area (Å²) in [4.78, 5) is 13.4. The van der Waals surface area contributed by atoms with Crippen LogP contribution in [0, 0.1) is 0 Å². The van der Waals surface area contributed by atoms with Crippen molar-refractivity contribution in [2.24, 2.45) is 0 Å². The van der Waals surface area contributed by atoms with Gasteiger partial charge in [-0.2, -0.15) is 0 Å². The summed E-state index contributed by atoms with van der Waals surface area (Å²) in [6, 6.07) is 1.10. The van der Waals surface area contributed by atoms with Crippen molar-refractivity contribution in [1.29, 1.82) is 0 Å². The van der Waals surface area contributed by atoms with Crippen molar-refractivity contribution in [2.75, 3.05) is 0 Å². The molecule has 2 rings (SSSR count). The number of hydrogen-bond acceptors (Lipinski definition) is 0. The molecule has 16 heavy (non-hydrogen) atoms. The molecule has 1 nitrogen and oxygen atoms in total. The van der Waals surface area contributed by atoms with Gasteiger partial charge in [0.05, 0.1) is 0 Å². The molecule has 2 fully saturated rings. The molecule has 1 radical (unpaired) electrons. The third kappa shape index (κ3) is 2.53. The first-order valence-electron chi connectivity index (χ1n) is 7.48. The SMILES string of the molecule is CCCC[Si]([O])(C1CCCC1)C1CCCC1. The van der Waals surface area contributed by atoms with Crippen LogP contribution < -0.4 is 0 Å². The molecule has 0 bridgehead atoms. The van der Waals surface area contributed by atoms with Crippen molar-refractivity contribution in [3.05, 3.63) is 0 Å². The third-order valence-corrected chi connectivity index (χ3v) is 10.1. The minimum absolute atomic E-state index is 0.655. The van der Waals surface area contributed by atoms with E-state index in [1.165, 1.54) is 64.2 Å². The molecule has 0 aromatic heterocycles. The van der Waals surface area contributed by atoms with E-state index in [2.05, 4.69) is 6.92 Å². The van der Waals surface area contributed by atoms with E-state index in [0.29, 0.717) is 11.1 Å². The predicted octanol–water partition coefficient (Wildman–Crippen LogP) is 5.05. The summed E-state index contributed by atoms with van der Waals surface area (Å²) in [7, 11) is -2.15. The van der Waals surface area contributed by atoms with E-state index in [0.717, 1.165) is 6.04 Å². The molecular weight excluding hydrogens is 212 g/mol. The second-order valence-corrected chi connectivity index (χ2v) is 10.1. The first-order chi connectivity index (χ1) is 7.77. The van der Waals surface area contributed by atoms with Crippen LogP contribution in [0.25, 0.3) is 0 Å². The summed E-state index contributed by atoms with van der Waals surface area (Å²) in [5.41, 5.74) is 1.31. The molecule has 0 aromatic carbocycles. The van der Waals surface area contributed by atoms with E-state index >= 15 is 0 Å². The Balaban J connectivity index is 2.03. The van der Waals surface area contributed by atoms with Crippen LogP contribution in [-0.4, -0.2) is 8.32 Å². The highest BCUT2D eigenvalue weighted by Crippen LogP contribution is 2.51. The molecule has 0 unspecified atom stereocenters. The lowest BCUT2D eigenvalue weighted by atomic mass is 10.3. The first kappa shape index (κ1) is 12.6. The predicted molar refractivity (Wildman–Crippen MR) is 70.6 cm³/mol. The van der Waals surface area contributed by atoms with Crippen molar-refractivity contribution < 1.29 is 4.80 Å². The van der Waals surface area contributed by atoms with Crippen LogP contribution in [0.2, 0.25) is 17.1 Å². The molecule has 0 N–H and O–H groups in total. The van der Waals surface area contributed by atoms with Gasteiger partial charge in [-0.3, -0.25) is 4.80 Å². The average molecular weight is 239 g/mol. The van der Waals surface area contributed by atoms with E-state index in [1.807, 2.05) is 0 Å². The molecule has 0 aliphatic heterocycles. The number of rotatable bonds is 5. The van der Waals surface area contributed by atoms with Gasteiger partial charge in [-0.1, -0.05) is 71.1 Å².